The number of sulfonamides is 1. The van der Waals surface area contributed by atoms with Gasteiger partial charge < -0.3 is 10.0 Å². The Morgan fingerprint density at radius 3 is 2.26 bits per heavy atom. The van der Waals surface area contributed by atoms with Crippen LogP contribution in [-0.2, 0) is 16.6 Å². The maximum Gasteiger partial charge on any atom is 0.335 e. The van der Waals surface area contributed by atoms with Crippen LogP contribution in [0, 0.1) is 0 Å². The van der Waals surface area contributed by atoms with Crippen LogP contribution >= 0.6 is 0 Å². The second-order valence-corrected chi connectivity index (χ2v) is 8.18. The molecule has 0 unspecified atom stereocenters. The minimum absolute atomic E-state index is 0.0289. The van der Waals surface area contributed by atoms with Gasteiger partial charge >= 0.3 is 5.97 Å². The largest absolute Gasteiger partial charge is 0.478 e. The molecule has 0 aromatic heterocycles. The molecule has 0 spiro atoms. The molecule has 0 atom stereocenters. The predicted octanol–water partition coefficient (Wildman–Crippen LogP) is 2.34. The zero-order valence-corrected chi connectivity index (χ0v) is 16.2. The van der Waals surface area contributed by atoms with Crippen molar-refractivity contribution in [1.29, 1.82) is 0 Å². The van der Waals surface area contributed by atoms with Crippen molar-refractivity contribution < 1.29 is 23.1 Å². The third kappa shape index (κ3) is 5.38. The lowest BCUT2D eigenvalue weighted by molar-refractivity contribution is 0.0695. The number of nitrogens with one attached hydrogen (secondary N) is 1. The van der Waals surface area contributed by atoms with E-state index in [9.17, 15) is 18.0 Å². The van der Waals surface area contributed by atoms with Crippen molar-refractivity contribution in [2.45, 2.75) is 31.3 Å². The summed E-state index contributed by atoms with van der Waals surface area (Å²) < 4.78 is 27.0. The maximum atomic E-state index is 12.6. The molecule has 7 nitrogen and oxygen atoms in total. The summed E-state index contributed by atoms with van der Waals surface area (Å²) in [6.07, 6.45) is 0. The summed E-state index contributed by atoms with van der Waals surface area (Å²) in [6.45, 7) is 3.70. The molecule has 0 heterocycles. The number of hydrogen-bond donors (Lipinski definition) is 2. The Balaban J connectivity index is 2.17. The number of carbonyl (C=O) groups is 2. The number of hydrogen-bond acceptors (Lipinski definition) is 4. The molecule has 0 fully saturated rings. The number of carbonyl (C=O) groups excluding carboxylic acids is 1. The fourth-order valence-electron chi connectivity index (χ4n) is 2.49. The fraction of sp³-hybridized carbons (Fsp3) is 0.263. The highest BCUT2D eigenvalue weighted by Crippen LogP contribution is 2.15. The molecular formula is C19H22N2O5S. The molecular weight excluding hydrogens is 368 g/mol. The molecule has 8 heteroatoms. The van der Waals surface area contributed by atoms with Crippen LogP contribution in [0.2, 0.25) is 0 Å². The van der Waals surface area contributed by atoms with E-state index in [1.165, 1.54) is 35.2 Å². The van der Waals surface area contributed by atoms with Crippen LogP contribution in [0.5, 0.6) is 0 Å². The Labute approximate surface area is 158 Å². The fourth-order valence-corrected chi connectivity index (χ4v) is 3.79. The van der Waals surface area contributed by atoms with Crippen molar-refractivity contribution in [3.63, 3.8) is 0 Å². The van der Waals surface area contributed by atoms with E-state index in [1.807, 2.05) is 0 Å². The number of benzene rings is 2. The van der Waals surface area contributed by atoms with E-state index in [-0.39, 0.29) is 34.5 Å². The molecule has 0 aliphatic carbocycles. The lowest BCUT2D eigenvalue weighted by Crippen LogP contribution is -2.31. The molecule has 27 heavy (non-hydrogen) atoms. The average molecular weight is 390 g/mol. The molecule has 0 aliphatic heterocycles. The lowest BCUT2D eigenvalue weighted by atomic mass is 10.1. The Morgan fingerprint density at radius 1 is 1.07 bits per heavy atom. The van der Waals surface area contributed by atoms with Crippen LogP contribution in [0.25, 0.3) is 0 Å². The predicted molar refractivity (Wildman–Crippen MR) is 101 cm³/mol. The van der Waals surface area contributed by atoms with Crippen LogP contribution in [0.4, 0.5) is 0 Å². The van der Waals surface area contributed by atoms with Gasteiger partial charge in [-0.2, -0.15) is 0 Å². The van der Waals surface area contributed by atoms with E-state index in [4.69, 9.17) is 5.11 Å². The summed E-state index contributed by atoms with van der Waals surface area (Å²) in [5.41, 5.74) is 1.19. The SMILES string of the molecule is CC(C)NS(=O)(=O)c1cccc(C(=O)N(C)Cc2ccc(C(=O)O)cc2)c1. The van der Waals surface area contributed by atoms with Crippen molar-refractivity contribution in [3.05, 3.63) is 65.2 Å². The van der Waals surface area contributed by atoms with Crippen LogP contribution in [0.3, 0.4) is 0 Å². The van der Waals surface area contributed by atoms with E-state index in [1.54, 1.807) is 39.1 Å². The molecule has 0 bridgehead atoms. The van der Waals surface area contributed by atoms with Gasteiger partial charge in [-0.15, -0.1) is 0 Å². The normalized spacial score (nSPS) is 11.4. The molecule has 0 radical (unpaired) electrons. The highest BCUT2D eigenvalue weighted by atomic mass is 32.2. The van der Waals surface area contributed by atoms with Gasteiger partial charge in [0.05, 0.1) is 10.5 Å². The van der Waals surface area contributed by atoms with Crippen molar-refractivity contribution in [2.75, 3.05) is 7.05 Å². The van der Waals surface area contributed by atoms with Gasteiger partial charge in [0, 0.05) is 25.2 Å². The Kier molecular flexibility index (Phi) is 6.35. The quantitative estimate of drug-likeness (QED) is 0.755. The summed E-state index contributed by atoms with van der Waals surface area (Å²) >= 11 is 0. The lowest BCUT2D eigenvalue weighted by Gasteiger charge is -2.18. The maximum absolute atomic E-state index is 12.6. The molecule has 2 rings (SSSR count). The van der Waals surface area contributed by atoms with Crippen molar-refractivity contribution >= 4 is 21.9 Å². The Bertz CT molecular complexity index is 937. The molecule has 2 N–H and O–H groups in total. The molecule has 2 aromatic carbocycles. The number of nitrogens with zero attached hydrogens (tertiary/aromatic N) is 1. The van der Waals surface area contributed by atoms with E-state index in [0.29, 0.717) is 0 Å². The monoisotopic (exact) mass is 390 g/mol. The van der Waals surface area contributed by atoms with Crippen molar-refractivity contribution in [1.82, 2.24) is 9.62 Å². The van der Waals surface area contributed by atoms with Gasteiger partial charge in [0.25, 0.3) is 5.91 Å². The number of carboxylic acid groups (broad SMARTS) is 1. The number of aromatic carboxylic acids is 1. The second kappa shape index (κ2) is 8.32. The van der Waals surface area contributed by atoms with E-state index >= 15 is 0 Å². The molecule has 2 aromatic rings. The minimum atomic E-state index is -3.69. The summed E-state index contributed by atoms with van der Waals surface area (Å²) in [4.78, 5) is 25.0. The van der Waals surface area contributed by atoms with Crippen molar-refractivity contribution in [2.24, 2.45) is 0 Å². The van der Waals surface area contributed by atoms with Gasteiger partial charge in [0.1, 0.15) is 0 Å². The molecule has 0 saturated carbocycles. The Morgan fingerprint density at radius 2 is 1.70 bits per heavy atom. The zero-order valence-electron chi connectivity index (χ0n) is 15.3. The van der Waals surface area contributed by atoms with Crippen LogP contribution in [-0.4, -0.2) is 43.4 Å². The minimum Gasteiger partial charge on any atom is -0.478 e. The first-order valence-corrected chi connectivity index (χ1v) is 9.78. The third-order valence-corrected chi connectivity index (χ3v) is 5.41. The standard InChI is InChI=1S/C19H22N2O5S/c1-13(2)20-27(25,26)17-6-4-5-16(11-17)18(22)21(3)12-14-7-9-15(10-8-14)19(23)24/h4-11,13,20H,12H2,1-3H3,(H,23,24). The third-order valence-electron chi connectivity index (χ3n) is 3.75. The van der Waals surface area contributed by atoms with Crippen LogP contribution in [0.1, 0.15) is 40.1 Å². The highest BCUT2D eigenvalue weighted by molar-refractivity contribution is 7.89. The summed E-state index contributed by atoms with van der Waals surface area (Å²) in [5.74, 6) is -1.35. The van der Waals surface area contributed by atoms with Gasteiger partial charge in [-0.3, -0.25) is 4.79 Å². The van der Waals surface area contributed by atoms with Crippen molar-refractivity contribution in [3.8, 4) is 0 Å². The van der Waals surface area contributed by atoms with Gasteiger partial charge in [0.2, 0.25) is 10.0 Å². The summed E-state index contributed by atoms with van der Waals surface area (Å²) in [7, 11) is -2.09. The summed E-state index contributed by atoms with van der Waals surface area (Å²) in [6, 6.07) is 11.8. The number of carboxylic acids is 1. The topological polar surface area (TPSA) is 104 Å². The summed E-state index contributed by atoms with van der Waals surface area (Å²) in [5, 5.41) is 8.92. The first kappa shape index (κ1) is 20.6. The zero-order chi connectivity index (χ0) is 20.2. The first-order valence-electron chi connectivity index (χ1n) is 8.30. The molecule has 0 aliphatic rings. The van der Waals surface area contributed by atoms with E-state index in [0.717, 1.165) is 5.56 Å². The number of amides is 1. The number of rotatable bonds is 7. The van der Waals surface area contributed by atoms with Crippen LogP contribution < -0.4 is 4.72 Å². The van der Waals surface area contributed by atoms with E-state index in [2.05, 4.69) is 4.72 Å². The second-order valence-electron chi connectivity index (χ2n) is 6.47. The molecule has 144 valence electrons. The van der Waals surface area contributed by atoms with Gasteiger partial charge in [-0.25, -0.2) is 17.9 Å². The molecule has 1 amide bonds. The van der Waals surface area contributed by atoms with Gasteiger partial charge in [-0.05, 0) is 49.7 Å². The Hall–Kier alpha value is -2.71. The van der Waals surface area contributed by atoms with Gasteiger partial charge in [0.15, 0.2) is 0 Å². The van der Waals surface area contributed by atoms with E-state index < -0.39 is 16.0 Å². The smallest absolute Gasteiger partial charge is 0.335 e. The first-order chi connectivity index (χ1) is 12.6. The van der Waals surface area contributed by atoms with Crippen LogP contribution in [0.15, 0.2) is 53.4 Å². The molecule has 0 saturated heterocycles. The van der Waals surface area contributed by atoms with Gasteiger partial charge in [-0.1, -0.05) is 18.2 Å². The average Bonchev–Trinajstić information content (AvgIpc) is 2.60. The highest BCUT2D eigenvalue weighted by Gasteiger charge is 2.19.